The zero-order chi connectivity index (χ0) is 15.9. The van der Waals surface area contributed by atoms with E-state index in [1.807, 2.05) is 45.2 Å². The fourth-order valence-electron chi connectivity index (χ4n) is 1.85. The van der Waals surface area contributed by atoms with Gasteiger partial charge in [-0.05, 0) is 33.0 Å². The number of likely N-dealkylation sites (N-methyl/N-ethyl adjacent to an activating group) is 1. The molecule has 8 heteroatoms. The Morgan fingerprint density at radius 2 is 2.04 bits per heavy atom. The first kappa shape index (κ1) is 23.2. The summed E-state index contributed by atoms with van der Waals surface area (Å²) < 4.78 is 0. The van der Waals surface area contributed by atoms with Gasteiger partial charge in [0.25, 0.3) is 5.91 Å². The lowest BCUT2D eigenvalue weighted by Gasteiger charge is -2.13. The average molecular weight is 408 g/mol. The van der Waals surface area contributed by atoms with Crippen LogP contribution in [0.15, 0.2) is 34.5 Å². The molecule has 0 saturated carbocycles. The molecule has 1 unspecified atom stereocenters. The summed E-state index contributed by atoms with van der Waals surface area (Å²) in [5, 5.41) is 9.21. The summed E-state index contributed by atoms with van der Waals surface area (Å²) in [4.78, 5) is 17.8. The van der Waals surface area contributed by atoms with Crippen LogP contribution >= 0.6 is 47.9 Å². The summed E-state index contributed by atoms with van der Waals surface area (Å²) in [7, 11) is 1.89. The third-order valence-electron chi connectivity index (χ3n) is 3.24. The van der Waals surface area contributed by atoms with Crippen LogP contribution in [-0.2, 0) is 5.75 Å². The normalized spacial score (nSPS) is 11.1. The number of thiazole rings is 1. The number of aromatic nitrogens is 1. The molecule has 1 amide bonds. The van der Waals surface area contributed by atoms with Gasteiger partial charge in [0.15, 0.2) is 0 Å². The van der Waals surface area contributed by atoms with Crippen LogP contribution in [0.3, 0.4) is 0 Å². The number of carbonyl (C=O) groups excluding carboxylic acids is 1. The zero-order valence-electron chi connectivity index (χ0n) is 13.9. The number of nitrogens with zero attached hydrogens (tertiary/aromatic N) is 1. The quantitative estimate of drug-likeness (QED) is 0.682. The van der Waals surface area contributed by atoms with Crippen molar-refractivity contribution in [2.24, 2.45) is 0 Å². The fraction of sp³-hybridized carbons (Fsp3) is 0.375. The van der Waals surface area contributed by atoms with E-state index in [1.54, 1.807) is 23.1 Å². The second kappa shape index (κ2) is 11.7. The molecule has 134 valence electrons. The van der Waals surface area contributed by atoms with E-state index in [0.717, 1.165) is 26.9 Å². The molecule has 0 aliphatic heterocycles. The third-order valence-corrected chi connectivity index (χ3v) is 5.16. The molecule has 0 aliphatic carbocycles. The van der Waals surface area contributed by atoms with Crippen molar-refractivity contribution in [1.29, 1.82) is 0 Å². The third kappa shape index (κ3) is 6.99. The number of rotatable bonds is 7. The molecule has 1 aromatic carbocycles. The predicted molar refractivity (Wildman–Crippen MR) is 108 cm³/mol. The van der Waals surface area contributed by atoms with E-state index in [9.17, 15) is 4.79 Å². The molecule has 0 aliphatic rings. The lowest BCUT2D eigenvalue weighted by molar-refractivity contribution is 0.0947. The van der Waals surface area contributed by atoms with E-state index in [4.69, 9.17) is 0 Å². The smallest absolute Gasteiger partial charge is 0.252 e. The maximum atomic E-state index is 12.3. The molecule has 1 heterocycles. The van der Waals surface area contributed by atoms with Gasteiger partial charge in [-0.2, -0.15) is 0 Å². The van der Waals surface area contributed by atoms with E-state index in [2.05, 4.69) is 21.0 Å². The number of carbonyl (C=O) groups is 1. The number of benzene rings is 1. The number of thioether (sulfide) groups is 1. The molecule has 4 nitrogen and oxygen atoms in total. The number of nitrogens with one attached hydrogen (secondary N) is 2. The minimum atomic E-state index is -0.0281. The van der Waals surface area contributed by atoms with Crippen molar-refractivity contribution < 1.29 is 4.79 Å². The summed E-state index contributed by atoms with van der Waals surface area (Å²) in [5.74, 6) is 0.751. The molecule has 24 heavy (non-hydrogen) atoms. The summed E-state index contributed by atoms with van der Waals surface area (Å²) in [6.45, 7) is 4.65. The number of halogens is 2. The number of hydrogen-bond donors (Lipinski definition) is 2. The second-order valence-corrected chi connectivity index (χ2v) is 7.12. The summed E-state index contributed by atoms with van der Waals surface area (Å²) >= 11 is 3.30. The van der Waals surface area contributed by atoms with Crippen molar-refractivity contribution >= 4 is 53.8 Å². The molecular formula is C16H23Cl2N3OS2. The van der Waals surface area contributed by atoms with Crippen LogP contribution in [0.4, 0.5) is 0 Å². The van der Waals surface area contributed by atoms with Crippen molar-refractivity contribution in [2.45, 2.75) is 30.5 Å². The first-order valence-electron chi connectivity index (χ1n) is 7.18. The van der Waals surface area contributed by atoms with Gasteiger partial charge in [-0.15, -0.1) is 47.9 Å². The highest BCUT2D eigenvalue weighted by atomic mass is 35.5. The van der Waals surface area contributed by atoms with Crippen molar-refractivity contribution in [1.82, 2.24) is 15.6 Å². The predicted octanol–water partition coefficient (Wildman–Crippen LogP) is 3.93. The minimum Gasteiger partial charge on any atom is -0.350 e. The monoisotopic (exact) mass is 407 g/mol. The maximum absolute atomic E-state index is 12.3. The first-order valence-corrected chi connectivity index (χ1v) is 9.05. The molecule has 0 fully saturated rings. The maximum Gasteiger partial charge on any atom is 0.252 e. The van der Waals surface area contributed by atoms with E-state index >= 15 is 0 Å². The first-order chi connectivity index (χ1) is 10.6. The Morgan fingerprint density at radius 1 is 1.33 bits per heavy atom. The Bertz CT molecular complexity index is 637. The molecule has 0 spiro atoms. The minimum absolute atomic E-state index is 0. The standard InChI is InChI=1S/C16H21N3OS2.2ClH/c1-11(17-3)8-18-16(20)14-6-4-5-7-15(14)22-10-13-9-21-12(2)19-13;;/h4-7,9,11,17H,8,10H2,1-3H3,(H,18,20);2*1H. The van der Waals surface area contributed by atoms with Gasteiger partial charge >= 0.3 is 0 Å². The molecule has 0 saturated heterocycles. The Kier molecular flexibility index (Phi) is 11.3. The van der Waals surface area contributed by atoms with E-state index in [1.165, 1.54) is 0 Å². The van der Waals surface area contributed by atoms with Crippen molar-refractivity contribution in [3.8, 4) is 0 Å². The number of amides is 1. The molecule has 1 atom stereocenters. The zero-order valence-corrected chi connectivity index (χ0v) is 17.1. The number of hydrogen-bond acceptors (Lipinski definition) is 5. The van der Waals surface area contributed by atoms with Gasteiger partial charge in [0.2, 0.25) is 0 Å². The Labute approximate surface area is 164 Å². The molecule has 2 N–H and O–H groups in total. The molecular weight excluding hydrogens is 385 g/mol. The highest BCUT2D eigenvalue weighted by Gasteiger charge is 2.12. The summed E-state index contributed by atoms with van der Waals surface area (Å²) in [5.41, 5.74) is 1.79. The van der Waals surface area contributed by atoms with E-state index in [-0.39, 0.29) is 36.8 Å². The van der Waals surface area contributed by atoms with Gasteiger partial charge in [0.05, 0.1) is 16.3 Å². The Balaban J connectivity index is 0.00000264. The lowest BCUT2D eigenvalue weighted by Crippen LogP contribution is -2.37. The summed E-state index contributed by atoms with van der Waals surface area (Å²) in [6.07, 6.45) is 0. The van der Waals surface area contributed by atoms with Gasteiger partial charge in [-0.1, -0.05) is 12.1 Å². The molecule has 1 aromatic heterocycles. The molecule has 0 radical (unpaired) electrons. The van der Waals surface area contributed by atoms with Crippen LogP contribution in [0.25, 0.3) is 0 Å². The molecule has 0 bridgehead atoms. The topological polar surface area (TPSA) is 54.0 Å². The van der Waals surface area contributed by atoms with E-state index < -0.39 is 0 Å². The van der Waals surface area contributed by atoms with Gasteiger partial charge in [-0.25, -0.2) is 4.98 Å². The fourth-order valence-corrected chi connectivity index (χ4v) is 3.51. The van der Waals surface area contributed by atoms with Gasteiger partial charge < -0.3 is 10.6 Å². The van der Waals surface area contributed by atoms with Gasteiger partial charge in [-0.3, -0.25) is 4.79 Å². The van der Waals surface area contributed by atoms with Gasteiger partial charge in [0.1, 0.15) is 0 Å². The number of aryl methyl sites for hydroxylation is 1. The van der Waals surface area contributed by atoms with Crippen molar-refractivity contribution in [3.05, 3.63) is 45.9 Å². The highest BCUT2D eigenvalue weighted by molar-refractivity contribution is 7.98. The lowest BCUT2D eigenvalue weighted by atomic mass is 10.2. The van der Waals surface area contributed by atoms with Crippen molar-refractivity contribution in [3.63, 3.8) is 0 Å². The van der Waals surface area contributed by atoms with Crippen LogP contribution in [0.5, 0.6) is 0 Å². The average Bonchev–Trinajstić information content (AvgIpc) is 2.96. The second-order valence-electron chi connectivity index (χ2n) is 5.04. The highest BCUT2D eigenvalue weighted by Crippen LogP contribution is 2.26. The van der Waals surface area contributed by atoms with Gasteiger partial charge in [0, 0.05) is 28.6 Å². The van der Waals surface area contributed by atoms with Crippen LogP contribution in [-0.4, -0.2) is 30.5 Å². The van der Waals surface area contributed by atoms with Crippen LogP contribution in [0.1, 0.15) is 28.0 Å². The van der Waals surface area contributed by atoms with Crippen LogP contribution in [0.2, 0.25) is 0 Å². The van der Waals surface area contributed by atoms with Crippen LogP contribution < -0.4 is 10.6 Å². The van der Waals surface area contributed by atoms with Crippen LogP contribution in [0, 0.1) is 6.92 Å². The SMILES string of the molecule is CNC(C)CNC(=O)c1ccccc1SCc1csc(C)n1.Cl.Cl. The largest absolute Gasteiger partial charge is 0.350 e. The Morgan fingerprint density at radius 3 is 2.67 bits per heavy atom. The Hall–Kier alpha value is -0.790. The molecule has 2 aromatic rings. The molecule has 2 rings (SSSR count). The van der Waals surface area contributed by atoms with E-state index in [0.29, 0.717) is 6.54 Å². The van der Waals surface area contributed by atoms with Crippen molar-refractivity contribution in [2.75, 3.05) is 13.6 Å². The summed E-state index contributed by atoms with van der Waals surface area (Å²) in [6, 6.07) is 7.96.